The molecule has 4 aromatic rings. The zero-order valence-electron chi connectivity index (χ0n) is 15.9. The molecule has 0 radical (unpaired) electrons. The van der Waals surface area contributed by atoms with Crippen molar-refractivity contribution in [3.8, 4) is 0 Å². The maximum absolute atomic E-state index is 4.89. The van der Waals surface area contributed by atoms with Crippen molar-refractivity contribution in [2.45, 2.75) is 38.2 Å². The van der Waals surface area contributed by atoms with Gasteiger partial charge in [-0.15, -0.1) is 0 Å². The van der Waals surface area contributed by atoms with E-state index in [1.165, 1.54) is 27.8 Å². The van der Waals surface area contributed by atoms with Crippen LogP contribution in [0.2, 0.25) is 0 Å². The van der Waals surface area contributed by atoms with E-state index in [-0.39, 0.29) is 0 Å². The Balaban J connectivity index is 1.71. The summed E-state index contributed by atoms with van der Waals surface area (Å²) in [7, 11) is 0. The quantitative estimate of drug-likeness (QED) is 0.421. The molecule has 0 spiro atoms. The van der Waals surface area contributed by atoms with Crippen LogP contribution in [0.4, 0.5) is 0 Å². The second-order valence-corrected chi connectivity index (χ2v) is 7.93. The molecule has 0 N–H and O–H groups in total. The molecule has 0 aliphatic carbocycles. The van der Waals surface area contributed by atoms with E-state index in [9.17, 15) is 0 Å². The van der Waals surface area contributed by atoms with E-state index < -0.39 is 0 Å². The highest BCUT2D eigenvalue weighted by atomic mass is 32.2. The van der Waals surface area contributed by atoms with E-state index in [2.05, 4.69) is 72.8 Å². The molecule has 0 fully saturated rings. The number of thioether (sulfide) groups is 1. The molecule has 0 aliphatic rings. The molecule has 3 nitrogen and oxygen atoms in total. The Kier molecular flexibility index (Phi) is 4.99. The van der Waals surface area contributed by atoms with Gasteiger partial charge in [0.15, 0.2) is 5.16 Å². The van der Waals surface area contributed by atoms with E-state index in [4.69, 9.17) is 4.98 Å². The van der Waals surface area contributed by atoms with Gasteiger partial charge in [-0.25, -0.2) is 4.98 Å². The van der Waals surface area contributed by atoms with Crippen LogP contribution in [0, 0.1) is 20.8 Å². The van der Waals surface area contributed by atoms with Gasteiger partial charge in [-0.1, -0.05) is 59.8 Å². The molecule has 2 heterocycles. The van der Waals surface area contributed by atoms with Crippen LogP contribution in [0.3, 0.4) is 0 Å². The number of pyridine rings is 1. The van der Waals surface area contributed by atoms with Gasteiger partial charge in [-0.2, -0.15) is 0 Å². The first-order valence-electron chi connectivity index (χ1n) is 9.15. The van der Waals surface area contributed by atoms with Crippen LogP contribution in [0.5, 0.6) is 0 Å². The molecule has 2 aromatic carbocycles. The number of hydrogen-bond acceptors (Lipinski definition) is 3. The first-order chi connectivity index (χ1) is 13.1. The Hall–Kier alpha value is -2.59. The maximum atomic E-state index is 4.89. The number of rotatable bonds is 5. The molecule has 4 rings (SSSR count). The van der Waals surface area contributed by atoms with Gasteiger partial charge in [-0.05, 0) is 49.1 Å². The molecule has 27 heavy (non-hydrogen) atoms. The average molecular weight is 374 g/mol. The lowest BCUT2D eigenvalue weighted by Crippen LogP contribution is -2.04. The molecular weight excluding hydrogens is 350 g/mol. The normalized spacial score (nSPS) is 11.2. The summed E-state index contributed by atoms with van der Waals surface area (Å²) < 4.78 is 2.30. The second kappa shape index (κ2) is 7.57. The van der Waals surface area contributed by atoms with Crippen molar-refractivity contribution in [1.82, 2.24) is 14.5 Å². The minimum absolute atomic E-state index is 0.811. The van der Waals surface area contributed by atoms with Gasteiger partial charge in [0.2, 0.25) is 0 Å². The molecule has 0 saturated carbocycles. The number of fused-ring (bicyclic) bond motifs is 1. The fourth-order valence-corrected chi connectivity index (χ4v) is 4.36. The molecule has 2 aromatic heterocycles. The van der Waals surface area contributed by atoms with Crippen LogP contribution in [0.15, 0.2) is 66.1 Å². The molecular formula is C23H23N3S. The Morgan fingerprint density at radius 2 is 1.74 bits per heavy atom. The average Bonchev–Trinajstić information content (AvgIpc) is 3.02. The summed E-state index contributed by atoms with van der Waals surface area (Å²) in [5.74, 6) is 0.913. The minimum Gasteiger partial charge on any atom is -0.313 e. The van der Waals surface area contributed by atoms with E-state index in [1.54, 1.807) is 11.8 Å². The Morgan fingerprint density at radius 1 is 0.926 bits per heavy atom. The summed E-state index contributed by atoms with van der Waals surface area (Å²) in [4.78, 5) is 9.22. The summed E-state index contributed by atoms with van der Waals surface area (Å²) in [6.45, 7) is 7.29. The van der Waals surface area contributed by atoms with E-state index in [0.717, 1.165) is 28.5 Å². The predicted molar refractivity (Wildman–Crippen MR) is 113 cm³/mol. The van der Waals surface area contributed by atoms with Gasteiger partial charge in [-0.3, -0.25) is 4.98 Å². The zero-order chi connectivity index (χ0) is 18.8. The third kappa shape index (κ3) is 3.76. The van der Waals surface area contributed by atoms with Crippen LogP contribution in [0.1, 0.15) is 27.8 Å². The standard InChI is InChI=1S/C23H23N3S/c1-16-8-9-18(3)20(12-16)14-26-22-13-24-11-10-21(22)25-23(26)27-15-19-7-5-4-6-17(19)2/h4-13H,14-15H2,1-3H3. The van der Waals surface area contributed by atoms with E-state index >= 15 is 0 Å². The van der Waals surface area contributed by atoms with Gasteiger partial charge >= 0.3 is 0 Å². The van der Waals surface area contributed by atoms with Gasteiger partial charge in [0.1, 0.15) is 0 Å². The number of aromatic nitrogens is 3. The molecule has 0 aliphatic heterocycles. The zero-order valence-corrected chi connectivity index (χ0v) is 16.8. The van der Waals surface area contributed by atoms with Crippen molar-refractivity contribution >= 4 is 22.8 Å². The van der Waals surface area contributed by atoms with Gasteiger partial charge < -0.3 is 4.57 Å². The smallest absolute Gasteiger partial charge is 0.169 e. The first-order valence-corrected chi connectivity index (χ1v) is 10.1. The number of benzene rings is 2. The van der Waals surface area contributed by atoms with Crippen LogP contribution < -0.4 is 0 Å². The van der Waals surface area contributed by atoms with Crippen molar-refractivity contribution in [3.63, 3.8) is 0 Å². The summed E-state index contributed by atoms with van der Waals surface area (Å²) in [6.07, 6.45) is 3.73. The number of imidazole rings is 1. The Bertz CT molecular complexity index is 1100. The van der Waals surface area contributed by atoms with Gasteiger partial charge in [0.05, 0.1) is 23.8 Å². The van der Waals surface area contributed by atoms with Gasteiger partial charge in [0, 0.05) is 11.9 Å². The number of hydrogen-bond donors (Lipinski definition) is 0. The number of aryl methyl sites for hydroxylation is 3. The fraction of sp³-hybridized carbons (Fsp3) is 0.217. The highest BCUT2D eigenvalue weighted by Crippen LogP contribution is 2.28. The lowest BCUT2D eigenvalue weighted by molar-refractivity contribution is 0.726. The molecule has 0 saturated heterocycles. The largest absolute Gasteiger partial charge is 0.313 e. The predicted octanol–water partition coefficient (Wildman–Crippen LogP) is 5.70. The van der Waals surface area contributed by atoms with E-state index in [0.29, 0.717) is 0 Å². The molecule has 0 bridgehead atoms. The first kappa shape index (κ1) is 17.8. The lowest BCUT2D eigenvalue weighted by Gasteiger charge is -2.12. The van der Waals surface area contributed by atoms with Crippen molar-refractivity contribution in [2.75, 3.05) is 0 Å². The van der Waals surface area contributed by atoms with E-state index in [1.807, 2.05) is 18.5 Å². The molecule has 0 atom stereocenters. The lowest BCUT2D eigenvalue weighted by atomic mass is 10.1. The summed E-state index contributed by atoms with van der Waals surface area (Å²) in [5, 5.41) is 1.04. The van der Waals surface area contributed by atoms with Crippen LogP contribution >= 0.6 is 11.8 Å². The minimum atomic E-state index is 0.811. The van der Waals surface area contributed by atoms with Crippen LogP contribution in [-0.2, 0) is 12.3 Å². The Labute approximate surface area is 164 Å². The second-order valence-electron chi connectivity index (χ2n) is 6.99. The fourth-order valence-electron chi connectivity index (χ4n) is 3.27. The summed E-state index contributed by atoms with van der Waals surface area (Å²) in [5.41, 5.74) is 8.69. The molecule has 0 amide bonds. The van der Waals surface area contributed by atoms with Crippen LogP contribution in [-0.4, -0.2) is 14.5 Å². The highest BCUT2D eigenvalue weighted by Gasteiger charge is 2.13. The highest BCUT2D eigenvalue weighted by molar-refractivity contribution is 7.98. The van der Waals surface area contributed by atoms with Gasteiger partial charge in [0.25, 0.3) is 0 Å². The third-order valence-electron chi connectivity index (χ3n) is 4.97. The molecule has 136 valence electrons. The molecule has 4 heteroatoms. The summed E-state index contributed by atoms with van der Waals surface area (Å²) >= 11 is 1.79. The van der Waals surface area contributed by atoms with Crippen molar-refractivity contribution < 1.29 is 0 Å². The Morgan fingerprint density at radius 3 is 2.59 bits per heavy atom. The van der Waals surface area contributed by atoms with Crippen molar-refractivity contribution in [2.24, 2.45) is 0 Å². The topological polar surface area (TPSA) is 30.7 Å². The van der Waals surface area contributed by atoms with Crippen molar-refractivity contribution in [3.05, 3.63) is 88.7 Å². The summed E-state index contributed by atoms with van der Waals surface area (Å²) in [6, 6.07) is 17.2. The maximum Gasteiger partial charge on any atom is 0.169 e. The third-order valence-corrected chi connectivity index (χ3v) is 5.99. The SMILES string of the molecule is Cc1ccc(C)c(Cn2c(SCc3ccccc3C)nc3ccncc32)c1. The monoisotopic (exact) mass is 373 g/mol. The van der Waals surface area contributed by atoms with Crippen LogP contribution in [0.25, 0.3) is 11.0 Å². The molecule has 0 unspecified atom stereocenters. The van der Waals surface area contributed by atoms with Crippen molar-refractivity contribution in [1.29, 1.82) is 0 Å². The number of nitrogens with zero attached hydrogens (tertiary/aromatic N) is 3.